The zero-order chi connectivity index (χ0) is 22.5. The van der Waals surface area contributed by atoms with Crippen molar-refractivity contribution < 1.29 is 8.98 Å². The Morgan fingerprint density at radius 2 is 2.25 bits per heavy atom. The number of carbonyl (C=O) groups is 1. The molecular formula is C23H25ClN4O2S2. The topological polar surface area (TPSA) is 90.1 Å². The minimum absolute atomic E-state index is 0.0506. The lowest BCUT2D eigenvalue weighted by molar-refractivity contribution is 0.104. The van der Waals surface area contributed by atoms with Gasteiger partial charge < -0.3 is 9.50 Å². The minimum Gasteiger partial charge on any atom is -0.367 e. The molecule has 2 heterocycles. The van der Waals surface area contributed by atoms with Crippen molar-refractivity contribution in [3.05, 3.63) is 74.3 Å². The Balaban J connectivity index is 1.49. The van der Waals surface area contributed by atoms with E-state index in [0.717, 1.165) is 58.8 Å². The molecule has 0 bridgehead atoms. The first-order valence-electron chi connectivity index (χ1n) is 10.5. The third kappa shape index (κ3) is 5.68. The highest BCUT2D eigenvalue weighted by molar-refractivity contribution is 7.92. The number of hydrogen-bond donors (Lipinski definition) is 2. The van der Waals surface area contributed by atoms with E-state index in [4.69, 9.17) is 20.9 Å². The van der Waals surface area contributed by atoms with Gasteiger partial charge in [0.15, 0.2) is 0 Å². The predicted octanol–water partition coefficient (Wildman–Crippen LogP) is 5.44. The van der Waals surface area contributed by atoms with E-state index in [1.807, 2.05) is 31.2 Å². The van der Waals surface area contributed by atoms with E-state index >= 15 is 0 Å². The number of hydrogen-bond acceptors (Lipinski definition) is 8. The smallest absolute Gasteiger partial charge is 0.208 e. The molecule has 1 aromatic carbocycles. The summed E-state index contributed by atoms with van der Waals surface area (Å²) in [6.07, 6.45) is 6.84. The lowest BCUT2D eigenvalue weighted by atomic mass is 10.1. The minimum atomic E-state index is -0.0506. The molecule has 32 heavy (non-hydrogen) atoms. The van der Waals surface area contributed by atoms with Crippen LogP contribution in [0.3, 0.4) is 0 Å². The van der Waals surface area contributed by atoms with Crippen LogP contribution in [0.5, 0.6) is 0 Å². The lowest BCUT2D eigenvalue weighted by Gasteiger charge is -2.16. The number of aromatic nitrogens is 2. The van der Waals surface area contributed by atoms with Gasteiger partial charge in [-0.2, -0.15) is 0 Å². The molecule has 2 unspecified atom stereocenters. The number of rotatable bonds is 9. The third-order valence-corrected chi connectivity index (χ3v) is 7.40. The van der Waals surface area contributed by atoms with E-state index in [1.54, 1.807) is 6.20 Å². The molecule has 1 aliphatic carbocycles. The van der Waals surface area contributed by atoms with Crippen molar-refractivity contribution in [2.24, 2.45) is 11.1 Å². The van der Waals surface area contributed by atoms with Crippen LogP contribution in [0.25, 0.3) is 0 Å². The number of carbonyl (C=O) groups excluding carboxylic acids is 1. The molecule has 1 aliphatic rings. The highest BCUT2D eigenvalue weighted by Crippen LogP contribution is 2.31. The highest BCUT2D eigenvalue weighted by Gasteiger charge is 2.27. The summed E-state index contributed by atoms with van der Waals surface area (Å²) in [4.78, 5) is 23.8. The summed E-state index contributed by atoms with van der Waals surface area (Å²) in [6, 6.07) is 10.1. The molecule has 168 valence electrons. The van der Waals surface area contributed by atoms with Crippen molar-refractivity contribution in [1.82, 2.24) is 9.97 Å². The first-order valence-corrected chi connectivity index (χ1v) is 12.5. The van der Waals surface area contributed by atoms with Gasteiger partial charge in [-0.1, -0.05) is 23.7 Å². The monoisotopic (exact) mass is 488 g/mol. The Hall–Kier alpha value is -1.97. The van der Waals surface area contributed by atoms with E-state index < -0.39 is 0 Å². The van der Waals surface area contributed by atoms with Crippen LogP contribution in [0.15, 0.2) is 42.9 Å². The van der Waals surface area contributed by atoms with Crippen LogP contribution in [0.1, 0.15) is 50.5 Å². The summed E-state index contributed by atoms with van der Waals surface area (Å²) in [5, 5.41) is 9.53. The Labute approximate surface area is 201 Å². The number of anilines is 1. The van der Waals surface area contributed by atoms with Gasteiger partial charge in [-0.05, 0) is 61.4 Å². The number of benzene rings is 1. The number of nitrogens with one attached hydrogen (secondary N) is 1. The second-order valence-electron chi connectivity index (χ2n) is 8.05. The molecule has 0 radical (unpaired) electrons. The first-order chi connectivity index (χ1) is 15.5. The number of halogens is 1. The van der Waals surface area contributed by atoms with Gasteiger partial charge in [0.2, 0.25) is 5.78 Å². The molecule has 3 aromatic rings. The summed E-state index contributed by atoms with van der Waals surface area (Å²) in [7, 11) is 0. The molecule has 4 rings (SSSR count). The maximum absolute atomic E-state index is 13.4. The Morgan fingerprint density at radius 3 is 3.06 bits per heavy atom. The predicted molar refractivity (Wildman–Crippen MR) is 131 cm³/mol. The molecule has 3 N–H and O–H groups in total. The summed E-state index contributed by atoms with van der Waals surface area (Å²) in [5.41, 5.74) is 2.59. The Morgan fingerprint density at radius 1 is 1.38 bits per heavy atom. The van der Waals surface area contributed by atoms with E-state index in [-0.39, 0.29) is 11.8 Å². The Bertz CT molecular complexity index is 1090. The van der Waals surface area contributed by atoms with Crippen molar-refractivity contribution in [2.75, 3.05) is 11.9 Å². The lowest BCUT2D eigenvalue weighted by Crippen LogP contribution is -2.20. The quantitative estimate of drug-likeness (QED) is 0.235. The maximum Gasteiger partial charge on any atom is 0.208 e. The number of nitrogens with zero attached hydrogens (tertiary/aromatic N) is 2. The van der Waals surface area contributed by atoms with Gasteiger partial charge in [-0.15, -0.1) is 11.3 Å². The standard InChI is InChI=1S/C23H25ClN4O2S2/c1-14-7-19(10-15-3-2-4-17(24)8-15)31-22(14)21(29)20-11-26-13-27-23(20)28-18-6-5-16(9-18)12-30-32-25/h2-4,7-8,11,13,16,18H,5-6,9-10,12,25H2,1H3,(H,26,27,28). The molecule has 9 heteroatoms. The fraction of sp³-hybridized carbons (Fsp3) is 0.348. The maximum atomic E-state index is 13.4. The molecule has 1 saturated carbocycles. The fourth-order valence-corrected chi connectivity index (χ4v) is 5.77. The summed E-state index contributed by atoms with van der Waals surface area (Å²) in [6.45, 7) is 2.61. The number of aryl methyl sites for hydroxylation is 1. The third-order valence-electron chi connectivity index (χ3n) is 5.65. The van der Waals surface area contributed by atoms with Gasteiger partial charge in [0.05, 0.1) is 29.3 Å². The van der Waals surface area contributed by atoms with Crippen molar-refractivity contribution in [2.45, 2.75) is 38.6 Å². The SMILES string of the molecule is Cc1cc(Cc2cccc(Cl)c2)sc1C(=O)c1cncnc1NC1CCC(COSN)C1. The van der Waals surface area contributed by atoms with Gasteiger partial charge >= 0.3 is 0 Å². The summed E-state index contributed by atoms with van der Waals surface area (Å²) >= 11 is 8.54. The number of ketones is 1. The van der Waals surface area contributed by atoms with Crippen LogP contribution in [0, 0.1) is 12.8 Å². The molecule has 1 fully saturated rings. The average molecular weight is 489 g/mol. The fourth-order valence-electron chi connectivity index (χ4n) is 4.13. The molecule has 6 nitrogen and oxygen atoms in total. The molecule has 2 atom stereocenters. The van der Waals surface area contributed by atoms with Crippen molar-refractivity contribution in [1.29, 1.82) is 0 Å². The highest BCUT2D eigenvalue weighted by atomic mass is 35.5. The van der Waals surface area contributed by atoms with Crippen LogP contribution in [-0.2, 0) is 10.6 Å². The molecule has 2 aromatic heterocycles. The number of nitrogens with two attached hydrogens (primary N) is 1. The van der Waals surface area contributed by atoms with Crippen LogP contribution in [0.4, 0.5) is 5.82 Å². The molecule has 0 amide bonds. The average Bonchev–Trinajstić information content (AvgIpc) is 3.38. The number of thiophene rings is 1. The second kappa shape index (κ2) is 10.8. The van der Waals surface area contributed by atoms with Gasteiger partial charge in [-0.3, -0.25) is 9.93 Å². The summed E-state index contributed by atoms with van der Waals surface area (Å²) < 4.78 is 5.28. The Kier molecular flexibility index (Phi) is 7.80. The van der Waals surface area contributed by atoms with Crippen molar-refractivity contribution >= 4 is 46.8 Å². The van der Waals surface area contributed by atoms with Gasteiger partial charge in [0, 0.05) is 28.6 Å². The first kappa shape index (κ1) is 23.2. The van der Waals surface area contributed by atoms with Crippen LogP contribution in [0.2, 0.25) is 5.02 Å². The normalized spacial score (nSPS) is 18.1. The van der Waals surface area contributed by atoms with Crippen LogP contribution < -0.4 is 10.5 Å². The zero-order valence-corrected chi connectivity index (χ0v) is 20.1. The van der Waals surface area contributed by atoms with E-state index in [9.17, 15) is 4.79 Å². The van der Waals surface area contributed by atoms with E-state index in [1.165, 1.54) is 17.7 Å². The van der Waals surface area contributed by atoms with Gasteiger partial charge in [-0.25, -0.2) is 9.97 Å². The van der Waals surface area contributed by atoms with Crippen molar-refractivity contribution in [3.63, 3.8) is 0 Å². The van der Waals surface area contributed by atoms with Gasteiger partial charge in [0.1, 0.15) is 12.1 Å². The largest absolute Gasteiger partial charge is 0.367 e. The molecule has 0 spiro atoms. The van der Waals surface area contributed by atoms with Crippen LogP contribution in [-0.4, -0.2) is 28.4 Å². The van der Waals surface area contributed by atoms with Crippen LogP contribution >= 0.6 is 35.2 Å². The van der Waals surface area contributed by atoms with Gasteiger partial charge in [0.25, 0.3) is 0 Å². The zero-order valence-electron chi connectivity index (χ0n) is 17.7. The second-order valence-corrected chi connectivity index (χ2v) is 10.0. The molecular weight excluding hydrogens is 464 g/mol. The van der Waals surface area contributed by atoms with E-state index in [0.29, 0.717) is 28.9 Å². The molecule has 0 aliphatic heterocycles. The van der Waals surface area contributed by atoms with E-state index in [2.05, 4.69) is 21.4 Å². The summed E-state index contributed by atoms with van der Waals surface area (Å²) in [5.74, 6) is 0.998. The van der Waals surface area contributed by atoms with Crippen molar-refractivity contribution in [3.8, 4) is 0 Å². The molecule has 0 saturated heterocycles.